The molecule has 0 radical (unpaired) electrons. The van der Waals surface area contributed by atoms with E-state index in [2.05, 4.69) is 5.32 Å². The van der Waals surface area contributed by atoms with Gasteiger partial charge in [0.2, 0.25) is 0 Å². The summed E-state index contributed by atoms with van der Waals surface area (Å²) in [4.78, 5) is 0. The van der Waals surface area contributed by atoms with Crippen molar-refractivity contribution in [2.45, 2.75) is 33.7 Å². The van der Waals surface area contributed by atoms with Crippen molar-refractivity contribution in [2.24, 2.45) is 5.92 Å². The molecule has 13 heavy (non-hydrogen) atoms. The molecule has 0 aliphatic heterocycles. The van der Waals surface area contributed by atoms with Gasteiger partial charge >= 0.3 is 0 Å². The predicted octanol–water partition coefficient (Wildman–Crippen LogP) is 1.06. The molecule has 0 aliphatic rings. The molecule has 0 aliphatic carbocycles. The van der Waals surface area contributed by atoms with Crippen LogP contribution in [0.1, 0.15) is 27.7 Å². The van der Waals surface area contributed by atoms with E-state index >= 15 is 0 Å². The van der Waals surface area contributed by atoms with E-state index in [0.717, 1.165) is 6.54 Å². The summed E-state index contributed by atoms with van der Waals surface area (Å²) < 4.78 is 22.7. The van der Waals surface area contributed by atoms with Crippen LogP contribution in [0, 0.1) is 5.92 Å². The molecule has 0 spiro atoms. The van der Waals surface area contributed by atoms with Gasteiger partial charge in [0.1, 0.15) is 0 Å². The van der Waals surface area contributed by atoms with Crippen LogP contribution in [0.15, 0.2) is 0 Å². The van der Waals surface area contributed by atoms with Gasteiger partial charge in [0.25, 0.3) is 0 Å². The summed E-state index contributed by atoms with van der Waals surface area (Å²) in [7, 11) is -2.85. The van der Waals surface area contributed by atoms with Crippen molar-refractivity contribution in [2.75, 3.05) is 18.1 Å². The molecular weight excluding hydrogens is 186 g/mol. The largest absolute Gasteiger partial charge is 0.313 e. The standard InChI is InChI=1S/C9H21NO2S/c1-5-10-9(8(3)4)7-13(11,12)6-2/h8-10H,5-7H2,1-4H3. The van der Waals surface area contributed by atoms with Crippen LogP contribution in [0.5, 0.6) is 0 Å². The Labute approximate surface area is 81.8 Å². The summed E-state index contributed by atoms with van der Waals surface area (Å²) in [5.74, 6) is 0.859. The normalized spacial score (nSPS) is 14.8. The first-order valence-corrected chi connectivity index (χ1v) is 6.68. The number of nitrogens with one attached hydrogen (secondary N) is 1. The second-order valence-electron chi connectivity index (χ2n) is 3.61. The van der Waals surface area contributed by atoms with Crippen LogP contribution in [-0.4, -0.2) is 32.5 Å². The van der Waals surface area contributed by atoms with E-state index in [4.69, 9.17) is 0 Å². The van der Waals surface area contributed by atoms with Crippen molar-refractivity contribution in [3.05, 3.63) is 0 Å². The highest BCUT2D eigenvalue weighted by Gasteiger charge is 2.19. The predicted molar refractivity (Wildman–Crippen MR) is 56.6 cm³/mol. The Kier molecular flexibility index (Phi) is 5.56. The molecule has 1 N–H and O–H groups in total. The van der Waals surface area contributed by atoms with Crippen molar-refractivity contribution in [3.8, 4) is 0 Å². The van der Waals surface area contributed by atoms with Crippen molar-refractivity contribution in [1.82, 2.24) is 5.32 Å². The van der Waals surface area contributed by atoms with E-state index in [1.54, 1.807) is 6.92 Å². The Balaban J connectivity index is 4.26. The van der Waals surface area contributed by atoms with E-state index in [-0.39, 0.29) is 17.5 Å². The van der Waals surface area contributed by atoms with Gasteiger partial charge in [-0.15, -0.1) is 0 Å². The Morgan fingerprint density at radius 1 is 1.23 bits per heavy atom. The van der Waals surface area contributed by atoms with Gasteiger partial charge in [-0.05, 0) is 12.5 Å². The van der Waals surface area contributed by atoms with Crippen LogP contribution in [0.25, 0.3) is 0 Å². The molecule has 4 heteroatoms. The fourth-order valence-electron chi connectivity index (χ4n) is 1.14. The topological polar surface area (TPSA) is 46.2 Å². The average Bonchev–Trinajstić information content (AvgIpc) is 2.03. The van der Waals surface area contributed by atoms with E-state index in [1.165, 1.54) is 0 Å². The zero-order chi connectivity index (χ0) is 10.5. The molecule has 0 bridgehead atoms. The summed E-state index contributed by atoms with van der Waals surface area (Å²) >= 11 is 0. The Hall–Kier alpha value is -0.0900. The summed E-state index contributed by atoms with van der Waals surface area (Å²) in [6.45, 7) is 8.59. The molecule has 3 nitrogen and oxygen atoms in total. The van der Waals surface area contributed by atoms with E-state index in [9.17, 15) is 8.42 Å². The molecule has 0 heterocycles. The maximum atomic E-state index is 11.3. The van der Waals surface area contributed by atoms with Gasteiger partial charge in [0.15, 0.2) is 9.84 Å². The second-order valence-corrected chi connectivity index (χ2v) is 6.00. The SMILES string of the molecule is CCNC(CS(=O)(=O)CC)C(C)C. The summed E-state index contributed by atoms with van der Waals surface area (Å²) in [6, 6.07) is 0.0925. The maximum Gasteiger partial charge on any atom is 0.151 e. The van der Waals surface area contributed by atoms with E-state index in [1.807, 2.05) is 20.8 Å². The van der Waals surface area contributed by atoms with Gasteiger partial charge in [-0.1, -0.05) is 27.7 Å². The third-order valence-electron chi connectivity index (χ3n) is 2.14. The molecule has 0 aromatic heterocycles. The summed E-state index contributed by atoms with van der Waals surface area (Å²) in [6.07, 6.45) is 0. The molecule has 1 atom stereocenters. The third-order valence-corrected chi connectivity index (χ3v) is 3.89. The highest BCUT2D eigenvalue weighted by atomic mass is 32.2. The average molecular weight is 207 g/mol. The molecular formula is C9H21NO2S. The van der Waals surface area contributed by atoms with Crippen molar-refractivity contribution in [1.29, 1.82) is 0 Å². The minimum absolute atomic E-state index is 0.0925. The fraction of sp³-hybridized carbons (Fsp3) is 1.00. The lowest BCUT2D eigenvalue weighted by atomic mass is 10.1. The van der Waals surface area contributed by atoms with Crippen molar-refractivity contribution >= 4 is 9.84 Å². The van der Waals surface area contributed by atoms with Gasteiger partial charge in [-0.3, -0.25) is 0 Å². The highest BCUT2D eigenvalue weighted by Crippen LogP contribution is 2.05. The van der Waals surface area contributed by atoms with Crippen molar-refractivity contribution in [3.63, 3.8) is 0 Å². The van der Waals surface area contributed by atoms with Crippen LogP contribution in [0.3, 0.4) is 0 Å². The molecule has 0 rings (SSSR count). The van der Waals surface area contributed by atoms with Crippen LogP contribution >= 0.6 is 0 Å². The number of hydrogen-bond acceptors (Lipinski definition) is 3. The number of hydrogen-bond donors (Lipinski definition) is 1. The molecule has 0 saturated heterocycles. The third kappa shape index (κ3) is 5.26. The lowest BCUT2D eigenvalue weighted by Gasteiger charge is -2.21. The van der Waals surface area contributed by atoms with Gasteiger partial charge in [-0.25, -0.2) is 8.42 Å². The Morgan fingerprint density at radius 2 is 1.77 bits per heavy atom. The molecule has 0 fully saturated rings. The van der Waals surface area contributed by atoms with Gasteiger partial charge in [0, 0.05) is 11.8 Å². The van der Waals surface area contributed by atoms with Gasteiger partial charge in [-0.2, -0.15) is 0 Å². The molecule has 80 valence electrons. The Bertz CT molecular complexity index is 222. The first-order valence-electron chi connectivity index (χ1n) is 4.86. The van der Waals surface area contributed by atoms with Crippen LogP contribution in [0.4, 0.5) is 0 Å². The molecule has 0 amide bonds. The summed E-state index contributed by atoms with van der Waals surface area (Å²) in [5, 5.41) is 3.19. The number of rotatable bonds is 6. The molecule has 1 unspecified atom stereocenters. The Morgan fingerprint density at radius 3 is 2.08 bits per heavy atom. The zero-order valence-electron chi connectivity index (χ0n) is 9.00. The van der Waals surface area contributed by atoms with E-state index < -0.39 is 9.84 Å². The minimum atomic E-state index is -2.85. The summed E-state index contributed by atoms with van der Waals surface area (Å²) in [5.41, 5.74) is 0. The lowest BCUT2D eigenvalue weighted by molar-refractivity contribution is 0.435. The zero-order valence-corrected chi connectivity index (χ0v) is 9.82. The van der Waals surface area contributed by atoms with Gasteiger partial charge < -0.3 is 5.32 Å². The van der Waals surface area contributed by atoms with Crippen LogP contribution in [-0.2, 0) is 9.84 Å². The second kappa shape index (κ2) is 5.60. The smallest absolute Gasteiger partial charge is 0.151 e. The monoisotopic (exact) mass is 207 g/mol. The molecule has 0 aromatic carbocycles. The fourth-order valence-corrected chi connectivity index (χ4v) is 2.43. The molecule has 0 saturated carbocycles. The van der Waals surface area contributed by atoms with Gasteiger partial charge in [0.05, 0.1) is 5.75 Å². The van der Waals surface area contributed by atoms with E-state index in [0.29, 0.717) is 5.92 Å². The van der Waals surface area contributed by atoms with Crippen LogP contribution < -0.4 is 5.32 Å². The molecule has 0 aromatic rings. The minimum Gasteiger partial charge on any atom is -0.313 e. The van der Waals surface area contributed by atoms with Crippen molar-refractivity contribution < 1.29 is 8.42 Å². The lowest BCUT2D eigenvalue weighted by Crippen LogP contribution is -2.40. The highest BCUT2D eigenvalue weighted by molar-refractivity contribution is 7.91. The maximum absolute atomic E-state index is 11.3. The van der Waals surface area contributed by atoms with Crippen LogP contribution in [0.2, 0.25) is 0 Å². The first kappa shape index (κ1) is 12.9. The number of sulfone groups is 1. The first-order chi connectivity index (χ1) is 5.93. The quantitative estimate of drug-likeness (QED) is 0.708.